The van der Waals surface area contributed by atoms with Gasteiger partial charge in [0, 0.05) is 6.04 Å². The number of thiophene rings is 1. The van der Waals surface area contributed by atoms with Crippen molar-refractivity contribution < 1.29 is 0 Å². The molecule has 1 N–H and O–H groups in total. The lowest BCUT2D eigenvalue weighted by Gasteiger charge is -2.27. The van der Waals surface area contributed by atoms with Crippen LogP contribution in [0.3, 0.4) is 0 Å². The lowest BCUT2D eigenvalue weighted by molar-refractivity contribution is 0.361. The smallest absolute Gasteiger partial charge is 0.225 e. The third-order valence-corrected chi connectivity index (χ3v) is 4.63. The van der Waals surface area contributed by atoms with Gasteiger partial charge in [-0.1, -0.05) is 6.92 Å². The molecule has 1 aliphatic carbocycles. The summed E-state index contributed by atoms with van der Waals surface area (Å²) in [5, 5.41) is 6.99. The van der Waals surface area contributed by atoms with E-state index in [0.717, 1.165) is 22.0 Å². The van der Waals surface area contributed by atoms with E-state index in [-0.39, 0.29) is 0 Å². The topological polar surface area (TPSA) is 37.8 Å². The largest absolute Gasteiger partial charge is 0.367 e. The molecule has 0 aromatic carbocycles. The first-order valence-corrected chi connectivity index (χ1v) is 7.65. The molecule has 96 valence electrons. The van der Waals surface area contributed by atoms with Crippen molar-refractivity contribution in [1.82, 2.24) is 9.97 Å². The highest BCUT2D eigenvalue weighted by atomic mass is 35.5. The molecule has 2 aromatic heterocycles. The van der Waals surface area contributed by atoms with Crippen LogP contribution in [0.5, 0.6) is 0 Å². The number of anilines is 1. The maximum atomic E-state index is 5.97. The van der Waals surface area contributed by atoms with Crippen LogP contribution in [0.1, 0.15) is 32.6 Å². The molecule has 0 aliphatic heterocycles. The van der Waals surface area contributed by atoms with Crippen molar-refractivity contribution in [2.45, 2.75) is 38.6 Å². The Bertz CT molecular complexity index is 546. The second-order valence-electron chi connectivity index (χ2n) is 5.08. The van der Waals surface area contributed by atoms with Crippen molar-refractivity contribution in [1.29, 1.82) is 0 Å². The first-order valence-electron chi connectivity index (χ1n) is 6.39. The molecule has 0 amide bonds. The van der Waals surface area contributed by atoms with Gasteiger partial charge >= 0.3 is 0 Å². The van der Waals surface area contributed by atoms with Gasteiger partial charge in [-0.2, -0.15) is 0 Å². The molecule has 1 fully saturated rings. The average molecular weight is 282 g/mol. The van der Waals surface area contributed by atoms with Crippen LogP contribution in [0.15, 0.2) is 11.4 Å². The molecule has 1 aliphatic rings. The summed E-state index contributed by atoms with van der Waals surface area (Å²) in [7, 11) is 0. The molecule has 0 atom stereocenters. The number of hydrogen-bond donors (Lipinski definition) is 1. The van der Waals surface area contributed by atoms with Crippen molar-refractivity contribution in [3.63, 3.8) is 0 Å². The van der Waals surface area contributed by atoms with Gasteiger partial charge in [-0.25, -0.2) is 9.97 Å². The van der Waals surface area contributed by atoms with E-state index in [9.17, 15) is 0 Å². The monoisotopic (exact) mass is 281 g/mol. The summed E-state index contributed by atoms with van der Waals surface area (Å²) in [5.41, 5.74) is 0. The van der Waals surface area contributed by atoms with E-state index in [2.05, 4.69) is 28.3 Å². The summed E-state index contributed by atoms with van der Waals surface area (Å²) in [6.07, 6.45) is 5.02. The molecule has 0 bridgehead atoms. The average Bonchev–Trinajstić information content (AvgIpc) is 2.80. The molecule has 2 aromatic rings. The molecule has 0 spiro atoms. The minimum absolute atomic E-state index is 0.330. The molecule has 0 saturated heterocycles. The van der Waals surface area contributed by atoms with Crippen LogP contribution in [0.25, 0.3) is 10.2 Å². The van der Waals surface area contributed by atoms with Gasteiger partial charge in [0.15, 0.2) is 0 Å². The van der Waals surface area contributed by atoms with E-state index in [4.69, 9.17) is 11.6 Å². The van der Waals surface area contributed by atoms with E-state index in [1.807, 2.05) is 5.38 Å². The summed E-state index contributed by atoms with van der Waals surface area (Å²) in [4.78, 5) is 9.53. The molecule has 3 nitrogen and oxygen atoms in total. The Hall–Kier alpha value is -0.870. The fourth-order valence-corrected chi connectivity index (χ4v) is 3.52. The Kier molecular flexibility index (Phi) is 3.39. The van der Waals surface area contributed by atoms with E-state index in [1.54, 1.807) is 11.3 Å². The Balaban J connectivity index is 1.83. The summed E-state index contributed by atoms with van der Waals surface area (Å²) in [5.74, 6) is 1.75. The number of hydrogen-bond acceptors (Lipinski definition) is 4. The third kappa shape index (κ3) is 2.45. The standard InChI is InChI=1S/C13H16ClN3S/c1-8-2-4-9(5-3-8)15-11-10-6-7-18-12(10)17-13(14)16-11/h6-9H,2-5H2,1H3,(H,15,16,17). The number of fused-ring (bicyclic) bond motifs is 1. The number of nitrogens with zero attached hydrogens (tertiary/aromatic N) is 2. The molecule has 1 saturated carbocycles. The summed E-state index contributed by atoms with van der Waals surface area (Å²) < 4.78 is 0. The maximum absolute atomic E-state index is 5.97. The minimum Gasteiger partial charge on any atom is -0.367 e. The van der Waals surface area contributed by atoms with Crippen LogP contribution in [-0.4, -0.2) is 16.0 Å². The Morgan fingerprint density at radius 3 is 2.83 bits per heavy atom. The number of halogens is 1. The summed E-state index contributed by atoms with van der Waals surface area (Å²) >= 11 is 7.57. The number of nitrogens with one attached hydrogen (secondary N) is 1. The zero-order chi connectivity index (χ0) is 12.5. The normalized spacial score (nSPS) is 24.3. The van der Waals surface area contributed by atoms with Crippen molar-refractivity contribution in [3.8, 4) is 0 Å². The Morgan fingerprint density at radius 2 is 2.06 bits per heavy atom. The van der Waals surface area contributed by atoms with Crippen molar-refractivity contribution >= 4 is 39.0 Å². The second kappa shape index (κ2) is 5.02. The van der Waals surface area contributed by atoms with E-state index >= 15 is 0 Å². The fraction of sp³-hybridized carbons (Fsp3) is 0.538. The van der Waals surface area contributed by atoms with Gasteiger partial charge in [0.25, 0.3) is 0 Å². The first-order chi connectivity index (χ1) is 8.72. The molecular formula is C13H16ClN3S. The Labute approximate surface area is 116 Å². The predicted octanol–water partition coefficient (Wildman–Crippen LogP) is 4.34. The third-order valence-electron chi connectivity index (χ3n) is 3.65. The van der Waals surface area contributed by atoms with Gasteiger partial charge in [0.2, 0.25) is 5.28 Å². The molecule has 5 heteroatoms. The lowest BCUT2D eigenvalue weighted by atomic mass is 9.87. The van der Waals surface area contributed by atoms with Crippen LogP contribution in [0, 0.1) is 5.92 Å². The van der Waals surface area contributed by atoms with Crippen LogP contribution in [0.2, 0.25) is 5.28 Å². The van der Waals surface area contributed by atoms with Crippen LogP contribution >= 0.6 is 22.9 Å². The Morgan fingerprint density at radius 1 is 1.28 bits per heavy atom. The SMILES string of the molecule is CC1CCC(Nc2nc(Cl)nc3sccc23)CC1. The molecule has 0 radical (unpaired) electrons. The van der Waals surface area contributed by atoms with E-state index in [1.165, 1.54) is 25.7 Å². The molecule has 3 rings (SSSR count). The van der Waals surface area contributed by atoms with Gasteiger partial charge in [-0.05, 0) is 54.6 Å². The number of aromatic nitrogens is 2. The molecule has 0 unspecified atom stereocenters. The summed E-state index contributed by atoms with van der Waals surface area (Å²) in [6, 6.07) is 2.58. The highest BCUT2D eigenvalue weighted by Gasteiger charge is 2.19. The van der Waals surface area contributed by atoms with Crippen molar-refractivity contribution in [2.24, 2.45) is 5.92 Å². The highest BCUT2D eigenvalue weighted by molar-refractivity contribution is 7.16. The van der Waals surface area contributed by atoms with Crippen LogP contribution in [0.4, 0.5) is 5.82 Å². The van der Waals surface area contributed by atoms with Gasteiger partial charge in [-0.3, -0.25) is 0 Å². The quantitative estimate of drug-likeness (QED) is 0.833. The lowest BCUT2D eigenvalue weighted by Crippen LogP contribution is -2.25. The van der Waals surface area contributed by atoms with Gasteiger partial charge in [-0.15, -0.1) is 11.3 Å². The molecule has 18 heavy (non-hydrogen) atoms. The minimum atomic E-state index is 0.330. The first kappa shape index (κ1) is 12.2. The van der Waals surface area contributed by atoms with E-state index in [0.29, 0.717) is 11.3 Å². The van der Waals surface area contributed by atoms with E-state index < -0.39 is 0 Å². The summed E-state index contributed by atoms with van der Waals surface area (Å²) in [6.45, 7) is 2.33. The number of rotatable bonds is 2. The van der Waals surface area contributed by atoms with Gasteiger partial charge in [0.05, 0.1) is 5.39 Å². The predicted molar refractivity (Wildman–Crippen MR) is 77.5 cm³/mol. The van der Waals surface area contributed by atoms with Crippen LogP contribution in [-0.2, 0) is 0 Å². The van der Waals surface area contributed by atoms with Crippen molar-refractivity contribution in [3.05, 3.63) is 16.7 Å². The second-order valence-corrected chi connectivity index (χ2v) is 6.31. The van der Waals surface area contributed by atoms with Gasteiger partial charge < -0.3 is 5.32 Å². The van der Waals surface area contributed by atoms with Crippen molar-refractivity contribution in [2.75, 3.05) is 5.32 Å². The maximum Gasteiger partial charge on any atom is 0.225 e. The van der Waals surface area contributed by atoms with Crippen LogP contribution < -0.4 is 5.32 Å². The molecule has 2 heterocycles. The molecular weight excluding hydrogens is 266 g/mol. The fourth-order valence-electron chi connectivity index (χ4n) is 2.54. The zero-order valence-corrected chi connectivity index (χ0v) is 11.9. The highest BCUT2D eigenvalue weighted by Crippen LogP contribution is 2.30. The van der Waals surface area contributed by atoms with Gasteiger partial charge in [0.1, 0.15) is 10.6 Å². The zero-order valence-electron chi connectivity index (χ0n) is 10.3.